The molecule has 7 heteroatoms. The second kappa shape index (κ2) is 8.01. The Balaban J connectivity index is 1.88. The molecule has 0 amide bonds. The van der Waals surface area contributed by atoms with Gasteiger partial charge in [0.2, 0.25) is 0 Å². The molecule has 0 unspecified atom stereocenters. The van der Waals surface area contributed by atoms with Gasteiger partial charge in [-0.05, 0) is 42.0 Å². The van der Waals surface area contributed by atoms with E-state index in [4.69, 9.17) is 4.74 Å². The van der Waals surface area contributed by atoms with Crippen LogP contribution in [0.3, 0.4) is 0 Å². The van der Waals surface area contributed by atoms with Gasteiger partial charge in [-0.25, -0.2) is 12.8 Å². The van der Waals surface area contributed by atoms with Gasteiger partial charge in [0.15, 0.2) is 0 Å². The Kier molecular flexibility index (Phi) is 5.52. The summed E-state index contributed by atoms with van der Waals surface area (Å²) in [6, 6.07) is 14.5. The summed E-state index contributed by atoms with van der Waals surface area (Å²) in [5, 5.41) is 0. The Morgan fingerprint density at radius 1 is 1.00 bits per heavy atom. The maximum absolute atomic E-state index is 13.7. The van der Waals surface area contributed by atoms with Crippen molar-refractivity contribution in [3.63, 3.8) is 0 Å². The second-order valence-corrected chi connectivity index (χ2v) is 7.28. The smallest absolute Gasteiger partial charge is 0.261 e. The van der Waals surface area contributed by atoms with Gasteiger partial charge in [0, 0.05) is 11.8 Å². The number of methoxy groups -OCH3 is 1. The van der Waals surface area contributed by atoms with Gasteiger partial charge in [-0.2, -0.15) is 0 Å². The number of nitrogens with zero attached hydrogens (tertiary/aromatic N) is 1. The highest BCUT2D eigenvalue weighted by Crippen LogP contribution is 2.23. The van der Waals surface area contributed by atoms with Crippen LogP contribution >= 0.6 is 0 Å². The second-order valence-electron chi connectivity index (χ2n) is 5.60. The molecule has 138 valence electrons. The van der Waals surface area contributed by atoms with Gasteiger partial charge in [-0.1, -0.05) is 30.4 Å². The fraction of sp³-hybridized carbons (Fsp3) is 0.0500. The predicted molar refractivity (Wildman–Crippen MR) is 103 cm³/mol. The molecule has 0 bridgehead atoms. The van der Waals surface area contributed by atoms with Crippen molar-refractivity contribution in [3.8, 4) is 5.75 Å². The number of sulfonamides is 1. The van der Waals surface area contributed by atoms with Crippen LogP contribution < -0.4 is 9.46 Å². The van der Waals surface area contributed by atoms with Gasteiger partial charge >= 0.3 is 0 Å². The van der Waals surface area contributed by atoms with E-state index in [1.54, 1.807) is 48.6 Å². The molecule has 0 atom stereocenters. The van der Waals surface area contributed by atoms with Gasteiger partial charge < -0.3 is 4.74 Å². The van der Waals surface area contributed by atoms with Crippen LogP contribution in [0.5, 0.6) is 5.75 Å². The van der Waals surface area contributed by atoms with Crippen molar-refractivity contribution in [2.75, 3.05) is 11.8 Å². The van der Waals surface area contributed by atoms with Crippen molar-refractivity contribution < 1.29 is 17.5 Å². The molecule has 0 aliphatic rings. The predicted octanol–water partition coefficient (Wildman–Crippen LogP) is 4.20. The van der Waals surface area contributed by atoms with Crippen molar-refractivity contribution in [2.45, 2.75) is 4.90 Å². The lowest BCUT2D eigenvalue weighted by Gasteiger charge is -2.11. The number of hydrogen-bond acceptors (Lipinski definition) is 4. The van der Waals surface area contributed by atoms with E-state index in [2.05, 4.69) is 9.71 Å². The molecule has 1 N–H and O–H groups in total. The Hall–Kier alpha value is -3.19. The van der Waals surface area contributed by atoms with E-state index < -0.39 is 15.8 Å². The Morgan fingerprint density at radius 3 is 2.41 bits per heavy atom. The first-order chi connectivity index (χ1) is 13.0. The number of halogens is 1. The maximum Gasteiger partial charge on any atom is 0.261 e. The molecule has 0 saturated carbocycles. The van der Waals surface area contributed by atoms with Crippen LogP contribution in [-0.2, 0) is 10.0 Å². The van der Waals surface area contributed by atoms with Crippen molar-refractivity contribution in [1.82, 2.24) is 4.98 Å². The average molecular weight is 384 g/mol. The molecule has 1 aromatic heterocycles. The summed E-state index contributed by atoms with van der Waals surface area (Å²) < 4.78 is 46.6. The third-order valence-electron chi connectivity index (χ3n) is 3.82. The maximum atomic E-state index is 13.7. The Morgan fingerprint density at radius 2 is 1.70 bits per heavy atom. The number of rotatable bonds is 6. The van der Waals surface area contributed by atoms with Crippen LogP contribution in [0.25, 0.3) is 12.2 Å². The van der Waals surface area contributed by atoms with Crippen molar-refractivity contribution in [1.29, 1.82) is 0 Å². The molecular weight excluding hydrogens is 367 g/mol. The van der Waals surface area contributed by atoms with Crippen LogP contribution in [0.2, 0.25) is 0 Å². The SMILES string of the molecule is COc1ccc(S(=O)(=O)Nc2ccccc2C=Cc2ccncc2F)cc1. The largest absolute Gasteiger partial charge is 0.497 e. The molecule has 0 saturated heterocycles. The number of pyridine rings is 1. The minimum Gasteiger partial charge on any atom is -0.497 e. The molecule has 0 aliphatic heterocycles. The first-order valence-electron chi connectivity index (χ1n) is 8.03. The molecule has 2 aromatic carbocycles. The van der Waals surface area contributed by atoms with Crippen LogP contribution in [0.4, 0.5) is 10.1 Å². The minimum atomic E-state index is -3.78. The van der Waals surface area contributed by atoms with Crippen LogP contribution in [0.15, 0.2) is 71.9 Å². The lowest BCUT2D eigenvalue weighted by atomic mass is 10.1. The molecular formula is C20H17FN2O3S. The zero-order chi connectivity index (χ0) is 19.3. The van der Waals surface area contributed by atoms with Crippen LogP contribution in [0, 0.1) is 5.82 Å². The highest BCUT2D eigenvalue weighted by Gasteiger charge is 2.15. The topological polar surface area (TPSA) is 68.3 Å². The van der Waals surface area contributed by atoms with E-state index in [1.165, 1.54) is 31.5 Å². The summed E-state index contributed by atoms with van der Waals surface area (Å²) in [6.07, 6.45) is 5.82. The molecule has 5 nitrogen and oxygen atoms in total. The van der Waals surface area contributed by atoms with Gasteiger partial charge in [-0.3, -0.25) is 9.71 Å². The Labute approximate surface area is 157 Å². The van der Waals surface area contributed by atoms with Crippen LogP contribution in [0.1, 0.15) is 11.1 Å². The van der Waals surface area contributed by atoms with Crippen molar-refractivity contribution in [3.05, 3.63) is 83.9 Å². The van der Waals surface area contributed by atoms with Gasteiger partial charge in [0.05, 0.1) is 23.9 Å². The quantitative estimate of drug-likeness (QED) is 0.692. The zero-order valence-corrected chi connectivity index (χ0v) is 15.3. The lowest BCUT2D eigenvalue weighted by Crippen LogP contribution is -2.13. The summed E-state index contributed by atoms with van der Waals surface area (Å²) in [4.78, 5) is 3.82. The molecule has 0 fully saturated rings. The highest BCUT2D eigenvalue weighted by atomic mass is 32.2. The number of aromatic nitrogens is 1. The molecule has 1 heterocycles. The van der Waals surface area contributed by atoms with E-state index in [-0.39, 0.29) is 4.90 Å². The molecule has 27 heavy (non-hydrogen) atoms. The summed E-state index contributed by atoms with van der Waals surface area (Å²) in [5.41, 5.74) is 1.35. The molecule has 3 rings (SSSR count). The third kappa shape index (κ3) is 4.51. The summed E-state index contributed by atoms with van der Waals surface area (Å²) in [7, 11) is -2.27. The fourth-order valence-corrected chi connectivity index (χ4v) is 3.48. The first kappa shape index (κ1) is 18.6. The third-order valence-corrected chi connectivity index (χ3v) is 5.20. The highest BCUT2D eigenvalue weighted by molar-refractivity contribution is 7.92. The molecule has 0 aliphatic carbocycles. The molecule has 0 spiro atoms. The number of hydrogen-bond donors (Lipinski definition) is 1. The monoisotopic (exact) mass is 384 g/mol. The van der Waals surface area contributed by atoms with Gasteiger partial charge in [-0.15, -0.1) is 0 Å². The normalized spacial score (nSPS) is 11.5. The van der Waals surface area contributed by atoms with Crippen molar-refractivity contribution in [2.24, 2.45) is 0 Å². The number of anilines is 1. The zero-order valence-electron chi connectivity index (χ0n) is 14.5. The minimum absolute atomic E-state index is 0.113. The summed E-state index contributed by atoms with van der Waals surface area (Å²) in [6.45, 7) is 0. The van der Waals surface area contributed by atoms with E-state index in [0.717, 1.165) is 6.20 Å². The number of para-hydroxylation sites is 1. The number of ether oxygens (including phenoxy) is 1. The van der Waals surface area contributed by atoms with E-state index in [9.17, 15) is 12.8 Å². The van der Waals surface area contributed by atoms with Gasteiger partial charge in [0.1, 0.15) is 11.6 Å². The summed E-state index contributed by atoms with van der Waals surface area (Å²) in [5.74, 6) is 0.113. The fourth-order valence-electron chi connectivity index (χ4n) is 2.39. The lowest BCUT2D eigenvalue weighted by molar-refractivity contribution is 0.414. The standard InChI is InChI=1S/C20H17FN2O3S/c1-26-17-8-10-18(11-9-17)27(24,25)23-20-5-3-2-4-16(20)7-6-15-12-13-22-14-19(15)21/h2-14,23H,1H3. The van der Waals surface area contributed by atoms with Crippen LogP contribution in [-0.4, -0.2) is 20.5 Å². The summed E-state index contributed by atoms with van der Waals surface area (Å²) >= 11 is 0. The van der Waals surface area contributed by atoms with Crippen molar-refractivity contribution >= 4 is 27.9 Å². The van der Waals surface area contributed by atoms with Gasteiger partial charge in [0.25, 0.3) is 10.0 Å². The van der Waals surface area contributed by atoms with E-state index >= 15 is 0 Å². The van der Waals surface area contributed by atoms with E-state index in [1.807, 2.05) is 0 Å². The molecule has 3 aromatic rings. The first-order valence-corrected chi connectivity index (χ1v) is 9.51. The van der Waals surface area contributed by atoms with E-state index in [0.29, 0.717) is 22.6 Å². The number of nitrogens with one attached hydrogen (secondary N) is 1. The average Bonchev–Trinajstić information content (AvgIpc) is 2.68. The Bertz CT molecular complexity index is 1060. The number of benzene rings is 2. The molecule has 0 radical (unpaired) electrons.